The molecule has 1 aromatic rings. The number of nitriles is 1. The van der Waals surface area contributed by atoms with Crippen LogP contribution in [0.2, 0.25) is 0 Å². The van der Waals surface area contributed by atoms with Crippen molar-refractivity contribution in [2.45, 2.75) is 25.7 Å². The topological polar surface area (TPSA) is 90.3 Å². The highest BCUT2D eigenvalue weighted by molar-refractivity contribution is 8.18. The summed E-state index contributed by atoms with van der Waals surface area (Å²) >= 11 is 2.40. The van der Waals surface area contributed by atoms with E-state index in [0.717, 1.165) is 34.4 Å². The van der Waals surface area contributed by atoms with E-state index in [0.29, 0.717) is 17.7 Å². The molecule has 2 aliphatic rings. The summed E-state index contributed by atoms with van der Waals surface area (Å²) in [7, 11) is 0. The van der Waals surface area contributed by atoms with Crippen LogP contribution in [0, 0.1) is 16.7 Å². The maximum atomic E-state index is 12.3. The number of rotatable bonds is 5. The second-order valence-corrected chi connectivity index (χ2v) is 7.98. The van der Waals surface area contributed by atoms with Gasteiger partial charge in [0, 0.05) is 18.0 Å². The van der Waals surface area contributed by atoms with Gasteiger partial charge in [-0.2, -0.15) is 5.26 Å². The molecule has 1 saturated heterocycles. The Morgan fingerprint density at radius 2 is 2.16 bits per heavy atom. The van der Waals surface area contributed by atoms with Gasteiger partial charge >= 0.3 is 0 Å². The highest BCUT2D eigenvalue weighted by Crippen LogP contribution is 2.37. The summed E-state index contributed by atoms with van der Waals surface area (Å²) in [5, 5.41) is 13.6. The first-order chi connectivity index (χ1) is 12.1. The van der Waals surface area contributed by atoms with Gasteiger partial charge in [0.15, 0.2) is 0 Å². The first-order valence-electron chi connectivity index (χ1n) is 8.04. The summed E-state index contributed by atoms with van der Waals surface area (Å²) in [5.74, 6) is -0.637. The third-order valence-corrected chi connectivity index (χ3v) is 6.14. The molecule has 1 saturated carbocycles. The lowest BCUT2D eigenvalue weighted by Crippen LogP contribution is -2.43. The molecule has 3 amide bonds. The van der Waals surface area contributed by atoms with E-state index in [2.05, 4.69) is 11.4 Å². The summed E-state index contributed by atoms with van der Waals surface area (Å²) in [4.78, 5) is 39.1. The minimum Gasteiger partial charge on any atom is -0.353 e. The maximum absolute atomic E-state index is 12.3. The van der Waals surface area contributed by atoms with Crippen molar-refractivity contribution in [2.24, 2.45) is 5.41 Å². The predicted molar refractivity (Wildman–Crippen MR) is 96.5 cm³/mol. The molecule has 2 heterocycles. The zero-order valence-electron chi connectivity index (χ0n) is 13.5. The van der Waals surface area contributed by atoms with Crippen LogP contribution in [-0.2, 0) is 9.59 Å². The summed E-state index contributed by atoms with van der Waals surface area (Å²) in [6.07, 6.45) is 4.59. The summed E-state index contributed by atoms with van der Waals surface area (Å²) in [6.45, 7) is 0.270. The first-order valence-corrected chi connectivity index (χ1v) is 9.74. The molecule has 25 heavy (non-hydrogen) atoms. The van der Waals surface area contributed by atoms with Crippen LogP contribution >= 0.6 is 23.1 Å². The summed E-state index contributed by atoms with van der Waals surface area (Å²) in [5.41, 5.74) is -0.946. The third-order valence-electron chi connectivity index (χ3n) is 4.42. The Morgan fingerprint density at radius 1 is 1.40 bits per heavy atom. The SMILES string of the molecule is N#CC1(C(=O)NCCN2C(=O)S/C(=C\c3cccs3)C2=O)CCCC1. The van der Waals surface area contributed by atoms with Gasteiger partial charge < -0.3 is 5.32 Å². The van der Waals surface area contributed by atoms with Crippen LogP contribution in [0.1, 0.15) is 30.6 Å². The molecule has 0 radical (unpaired) electrons. The van der Waals surface area contributed by atoms with Crippen LogP contribution in [0.15, 0.2) is 22.4 Å². The Balaban J connectivity index is 1.57. The molecule has 0 aromatic carbocycles. The molecule has 0 unspecified atom stereocenters. The van der Waals surface area contributed by atoms with Gasteiger partial charge in [-0.05, 0) is 42.1 Å². The molecule has 1 aliphatic heterocycles. The van der Waals surface area contributed by atoms with E-state index in [4.69, 9.17) is 0 Å². The van der Waals surface area contributed by atoms with Crippen molar-refractivity contribution in [3.05, 3.63) is 27.3 Å². The van der Waals surface area contributed by atoms with Gasteiger partial charge in [0.2, 0.25) is 5.91 Å². The van der Waals surface area contributed by atoms with Crippen molar-refractivity contribution in [1.29, 1.82) is 5.26 Å². The standard InChI is InChI=1S/C17H17N3O3S2/c18-11-17(5-1-2-6-17)15(22)19-7-8-20-14(21)13(25-16(20)23)10-12-4-3-9-24-12/h3-4,9-10H,1-2,5-8H2,(H,19,22)/b13-10-. The smallest absolute Gasteiger partial charge is 0.293 e. The third kappa shape index (κ3) is 3.62. The predicted octanol–water partition coefficient (Wildman–Crippen LogP) is 2.98. The average molecular weight is 375 g/mol. The molecule has 6 nitrogen and oxygen atoms in total. The molecule has 1 aromatic heterocycles. The Labute approximate surface area is 153 Å². The van der Waals surface area contributed by atoms with Crippen LogP contribution in [0.4, 0.5) is 4.79 Å². The van der Waals surface area contributed by atoms with Crippen molar-refractivity contribution in [2.75, 3.05) is 13.1 Å². The zero-order chi connectivity index (χ0) is 17.9. The number of hydrogen-bond donors (Lipinski definition) is 1. The lowest BCUT2D eigenvalue weighted by molar-refractivity contribution is -0.128. The number of carbonyl (C=O) groups is 3. The number of imide groups is 1. The minimum absolute atomic E-state index is 0.111. The van der Waals surface area contributed by atoms with E-state index in [9.17, 15) is 19.6 Å². The molecule has 8 heteroatoms. The minimum atomic E-state index is -0.946. The maximum Gasteiger partial charge on any atom is 0.293 e. The zero-order valence-corrected chi connectivity index (χ0v) is 15.1. The van der Waals surface area contributed by atoms with Crippen molar-refractivity contribution < 1.29 is 14.4 Å². The molecule has 0 spiro atoms. The molecule has 1 aliphatic carbocycles. The van der Waals surface area contributed by atoms with Crippen molar-refractivity contribution in [1.82, 2.24) is 10.2 Å². The Hall–Kier alpha value is -2.11. The van der Waals surface area contributed by atoms with Crippen LogP contribution in [0.3, 0.4) is 0 Å². The molecule has 1 N–H and O–H groups in total. The van der Waals surface area contributed by atoms with Gasteiger partial charge in [0.25, 0.3) is 11.1 Å². The normalized spacial score (nSPS) is 20.9. The number of carbonyl (C=O) groups excluding carboxylic acids is 3. The number of amides is 3. The van der Waals surface area contributed by atoms with E-state index >= 15 is 0 Å². The Kier molecular flexibility index (Phi) is 5.25. The van der Waals surface area contributed by atoms with Crippen LogP contribution in [0.5, 0.6) is 0 Å². The first kappa shape index (κ1) is 17.7. The Morgan fingerprint density at radius 3 is 2.80 bits per heavy atom. The Bertz CT molecular complexity index is 759. The lowest BCUT2D eigenvalue weighted by atomic mass is 9.87. The van der Waals surface area contributed by atoms with E-state index in [1.54, 1.807) is 6.08 Å². The van der Waals surface area contributed by atoms with Crippen molar-refractivity contribution in [3.8, 4) is 6.07 Å². The van der Waals surface area contributed by atoms with E-state index in [-0.39, 0.29) is 30.1 Å². The number of nitrogens with one attached hydrogen (secondary N) is 1. The molecular formula is C17H17N3O3S2. The monoisotopic (exact) mass is 375 g/mol. The fraction of sp³-hybridized carbons (Fsp3) is 0.412. The van der Waals surface area contributed by atoms with Crippen molar-refractivity contribution >= 4 is 46.2 Å². The number of hydrogen-bond acceptors (Lipinski definition) is 6. The average Bonchev–Trinajstić information content (AvgIpc) is 3.33. The van der Waals surface area contributed by atoms with Gasteiger partial charge in [-0.15, -0.1) is 11.3 Å². The number of thiophene rings is 1. The molecule has 130 valence electrons. The highest BCUT2D eigenvalue weighted by Gasteiger charge is 2.41. The van der Waals surface area contributed by atoms with Gasteiger partial charge in [-0.3, -0.25) is 19.3 Å². The molecule has 0 atom stereocenters. The quantitative estimate of drug-likeness (QED) is 0.799. The molecular weight excluding hydrogens is 358 g/mol. The summed E-state index contributed by atoms with van der Waals surface area (Å²) < 4.78 is 0. The largest absolute Gasteiger partial charge is 0.353 e. The van der Waals surface area contributed by atoms with Crippen LogP contribution < -0.4 is 5.32 Å². The lowest BCUT2D eigenvalue weighted by Gasteiger charge is -2.20. The number of nitrogens with zero attached hydrogens (tertiary/aromatic N) is 2. The van der Waals surface area contributed by atoms with Gasteiger partial charge in [0.1, 0.15) is 5.41 Å². The second-order valence-electron chi connectivity index (χ2n) is 6.01. The fourth-order valence-electron chi connectivity index (χ4n) is 3.01. The number of thioether (sulfide) groups is 1. The van der Waals surface area contributed by atoms with Crippen molar-refractivity contribution in [3.63, 3.8) is 0 Å². The van der Waals surface area contributed by atoms with Gasteiger partial charge in [0.05, 0.1) is 11.0 Å². The summed E-state index contributed by atoms with van der Waals surface area (Å²) in [6, 6.07) is 5.89. The van der Waals surface area contributed by atoms with E-state index < -0.39 is 5.41 Å². The van der Waals surface area contributed by atoms with Gasteiger partial charge in [-0.25, -0.2) is 0 Å². The molecule has 3 rings (SSSR count). The van der Waals surface area contributed by atoms with E-state index in [1.807, 2.05) is 17.5 Å². The van der Waals surface area contributed by atoms with Crippen LogP contribution in [-0.4, -0.2) is 35.0 Å². The second kappa shape index (κ2) is 7.42. The fourth-order valence-corrected chi connectivity index (χ4v) is 4.60. The highest BCUT2D eigenvalue weighted by atomic mass is 32.2. The van der Waals surface area contributed by atoms with Crippen LogP contribution in [0.25, 0.3) is 6.08 Å². The molecule has 0 bridgehead atoms. The van der Waals surface area contributed by atoms with E-state index in [1.165, 1.54) is 11.3 Å². The molecule has 2 fully saturated rings. The van der Waals surface area contributed by atoms with Gasteiger partial charge in [-0.1, -0.05) is 18.9 Å².